The van der Waals surface area contributed by atoms with E-state index < -0.39 is 5.97 Å². The quantitative estimate of drug-likeness (QED) is 0.653. The fourth-order valence-corrected chi connectivity index (χ4v) is 2.77. The molecule has 0 unspecified atom stereocenters. The Hall–Kier alpha value is -2.63. The lowest BCUT2D eigenvalue weighted by atomic mass is 10.1. The summed E-state index contributed by atoms with van der Waals surface area (Å²) in [5.74, 6) is -0.656. The van der Waals surface area contributed by atoms with Crippen molar-refractivity contribution in [1.82, 2.24) is 4.57 Å². The summed E-state index contributed by atoms with van der Waals surface area (Å²) in [4.78, 5) is 35.9. The first-order valence-corrected chi connectivity index (χ1v) is 8.09. The summed E-state index contributed by atoms with van der Waals surface area (Å²) in [6.07, 6.45) is 1.69. The van der Waals surface area contributed by atoms with Crippen LogP contribution in [0, 0.1) is 5.92 Å². The van der Waals surface area contributed by atoms with Gasteiger partial charge in [0.25, 0.3) is 0 Å². The van der Waals surface area contributed by atoms with E-state index in [0.717, 1.165) is 23.7 Å². The van der Waals surface area contributed by atoms with Crippen LogP contribution in [0.2, 0.25) is 0 Å². The van der Waals surface area contributed by atoms with Gasteiger partial charge < -0.3 is 14.6 Å². The molecule has 1 fully saturated rings. The predicted molar refractivity (Wildman–Crippen MR) is 89.9 cm³/mol. The number of ketones is 1. The largest absolute Gasteiger partial charge is 0.461 e. The molecular formula is C18H20N2O4. The van der Waals surface area contributed by atoms with Gasteiger partial charge >= 0.3 is 5.97 Å². The SMILES string of the molecule is CCOC(=O)c1cc2c(NC(=O)CC(=O)C3CC3)cccc2n1C. The molecule has 0 saturated heterocycles. The summed E-state index contributed by atoms with van der Waals surface area (Å²) in [5, 5.41) is 3.53. The van der Waals surface area contributed by atoms with Crippen LogP contribution in [0.3, 0.4) is 0 Å². The van der Waals surface area contributed by atoms with E-state index in [4.69, 9.17) is 4.74 Å². The number of nitrogens with one attached hydrogen (secondary N) is 1. The van der Waals surface area contributed by atoms with Crippen LogP contribution in [0.1, 0.15) is 36.7 Å². The highest BCUT2D eigenvalue weighted by atomic mass is 16.5. The molecule has 1 aromatic heterocycles. The third-order valence-electron chi connectivity index (χ3n) is 4.21. The number of rotatable bonds is 6. The zero-order valence-corrected chi connectivity index (χ0v) is 13.8. The lowest BCUT2D eigenvalue weighted by molar-refractivity contribution is -0.126. The number of carbonyl (C=O) groups excluding carboxylic acids is 3. The fraction of sp³-hybridized carbons (Fsp3) is 0.389. The van der Waals surface area contributed by atoms with Crippen molar-refractivity contribution in [3.8, 4) is 0 Å². The number of nitrogens with zero attached hydrogens (tertiary/aromatic N) is 1. The topological polar surface area (TPSA) is 77.4 Å². The van der Waals surface area contributed by atoms with E-state index in [-0.39, 0.29) is 24.0 Å². The third-order valence-corrected chi connectivity index (χ3v) is 4.21. The number of amides is 1. The van der Waals surface area contributed by atoms with E-state index >= 15 is 0 Å². The molecule has 0 bridgehead atoms. The van der Waals surface area contributed by atoms with Gasteiger partial charge in [-0.1, -0.05) is 6.07 Å². The molecule has 0 spiro atoms. The maximum Gasteiger partial charge on any atom is 0.354 e. The number of benzene rings is 1. The number of hydrogen-bond acceptors (Lipinski definition) is 4. The van der Waals surface area contributed by atoms with Gasteiger partial charge in [-0.05, 0) is 38.0 Å². The summed E-state index contributed by atoms with van der Waals surface area (Å²) in [6.45, 7) is 2.05. The van der Waals surface area contributed by atoms with Crippen molar-refractivity contribution in [1.29, 1.82) is 0 Å². The number of carbonyl (C=O) groups is 3. The molecule has 126 valence electrons. The van der Waals surface area contributed by atoms with Crippen LogP contribution >= 0.6 is 0 Å². The van der Waals surface area contributed by atoms with E-state index in [9.17, 15) is 14.4 Å². The van der Waals surface area contributed by atoms with Gasteiger partial charge in [-0.2, -0.15) is 0 Å². The van der Waals surface area contributed by atoms with Gasteiger partial charge in [0.1, 0.15) is 11.5 Å². The Balaban J connectivity index is 1.85. The highest BCUT2D eigenvalue weighted by molar-refractivity contribution is 6.10. The summed E-state index contributed by atoms with van der Waals surface area (Å²) < 4.78 is 6.79. The number of Topliss-reactive ketones (excluding diaryl/α,β-unsaturated/α-hetero) is 1. The Labute approximate surface area is 139 Å². The van der Waals surface area contributed by atoms with Crippen molar-refractivity contribution in [2.45, 2.75) is 26.2 Å². The van der Waals surface area contributed by atoms with Crippen molar-refractivity contribution in [2.24, 2.45) is 13.0 Å². The number of ether oxygens (including phenoxy) is 1. The van der Waals surface area contributed by atoms with E-state index in [0.29, 0.717) is 18.0 Å². The summed E-state index contributed by atoms with van der Waals surface area (Å²) in [5.41, 5.74) is 1.82. The van der Waals surface area contributed by atoms with Crippen LogP contribution in [0.4, 0.5) is 5.69 Å². The van der Waals surface area contributed by atoms with Gasteiger partial charge in [0.05, 0.1) is 24.2 Å². The number of esters is 1. The highest BCUT2D eigenvalue weighted by Crippen LogP contribution is 2.31. The smallest absolute Gasteiger partial charge is 0.354 e. The van der Waals surface area contributed by atoms with Crippen LogP contribution in [-0.4, -0.2) is 28.8 Å². The standard InChI is InChI=1S/C18H20N2O4/c1-3-24-18(23)15-9-12-13(5-4-6-14(12)20(15)2)19-17(22)10-16(21)11-7-8-11/h4-6,9,11H,3,7-8,10H2,1-2H3,(H,19,22). The molecule has 1 aliphatic rings. The number of hydrogen-bond donors (Lipinski definition) is 1. The second kappa shape index (κ2) is 6.47. The number of anilines is 1. The highest BCUT2D eigenvalue weighted by Gasteiger charge is 2.30. The molecule has 1 saturated carbocycles. The van der Waals surface area contributed by atoms with Crippen molar-refractivity contribution in [3.05, 3.63) is 30.0 Å². The molecule has 0 atom stereocenters. The Bertz CT molecular complexity index is 818. The minimum absolute atomic E-state index is 0.0000470. The average Bonchev–Trinajstić information content (AvgIpc) is 3.33. The van der Waals surface area contributed by atoms with Gasteiger partial charge in [-0.25, -0.2) is 4.79 Å². The lowest BCUT2D eigenvalue weighted by Crippen LogP contribution is -2.17. The van der Waals surface area contributed by atoms with E-state index in [2.05, 4.69) is 5.32 Å². The molecule has 0 radical (unpaired) electrons. The Morgan fingerprint density at radius 2 is 2.04 bits per heavy atom. The average molecular weight is 328 g/mol. The molecule has 0 aliphatic heterocycles. The molecule has 1 aliphatic carbocycles. The second-order valence-corrected chi connectivity index (χ2v) is 6.01. The van der Waals surface area contributed by atoms with Crippen LogP contribution < -0.4 is 5.32 Å². The molecule has 6 heteroatoms. The van der Waals surface area contributed by atoms with Crippen LogP contribution in [0.15, 0.2) is 24.3 Å². The molecule has 24 heavy (non-hydrogen) atoms. The molecule has 1 N–H and O–H groups in total. The van der Waals surface area contributed by atoms with E-state index in [1.807, 2.05) is 6.07 Å². The van der Waals surface area contributed by atoms with E-state index in [1.54, 1.807) is 36.7 Å². The zero-order chi connectivity index (χ0) is 17.3. The van der Waals surface area contributed by atoms with Gasteiger partial charge in [-0.3, -0.25) is 9.59 Å². The van der Waals surface area contributed by atoms with Gasteiger partial charge in [0, 0.05) is 18.4 Å². The summed E-state index contributed by atoms with van der Waals surface area (Å²) >= 11 is 0. The number of fused-ring (bicyclic) bond motifs is 1. The van der Waals surface area contributed by atoms with Crippen molar-refractivity contribution in [3.63, 3.8) is 0 Å². The van der Waals surface area contributed by atoms with Crippen molar-refractivity contribution < 1.29 is 19.1 Å². The minimum Gasteiger partial charge on any atom is -0.461 e. The maximum atomic E-state index is 12.1. The van der Waals surface area contributed by atoms with Gasteiger partial charge in [-0.15, -0.1) is 0 Å². The Morgan fingerprint density at radius 1 is 1.29 bits per heavy atom. The third kappa shape index (κ3) is 3.18. The first kappa shape index (κ1) is 16.2. The normalized spacial score (nSPS) is 13.8. The molecule has 1 amide bonds. The molecule has 2 aromatic rings. The predicted octanol–water partition coefficient (Wildman–Crippen LogP) is 2.66. The second-order valence-electron chi connectivity index (χ2n) is 6.01. The van der Waals surface area contributed by atoms with Crippen LogP contribution in [0.25, 0.3) is 10.9 Å². The van der Waals surface area contributed by atoms with Crippen LogP contribution in [0.5, 0.6) is 0 Å². The molecule has 1 aromatic carbocycles. The van der Waals surface area contributed by atoms with Crippen molar-refractivity contribution >= 4 is 34.3 Å². The zero-order valence-electron chi connectivity index (χ0n) is 13.8. The van der Waals surface area contributed by atoms with Gasteiger partial charge in [0.15, 0.2) is 0 Å². The first-order valence-electron chi connectivity index (χ1n) is 8.09. The first-order chi connectivity index (χ1) is 11.5. The number of aryl methyl sites for hydroxylation is 1. The maximum absolute atomic E-state index is 12.1. The fourth-order valence-electron chi connectivity index (χ4n) is 2.77. The molecule has 6 nitrogen and oxygen atoms in total. The number of aromatic nitrogens is 1. The van der Waals surface area contributed by atoms with E-state index in [1.165, 1.54) is 0 Å². The van der Waals surface area contributed by atoms with Crippen molar-refractivity contribution in [2.75, 3.05) is 11.9 Å². The summed E-state index contributed by atoms with van der Waals surface area (Å²) in [6, 6.07) is 7.13. The molecule has 1 heterocycles. The Morgan fingerprint density at radius 3 is 2.71 bits per heavy atom. The molecular weight excluding hydrogens is 308 g/mol. The Kier molecular flexibility index (Phi) is 4.38. The summed E-state index contributed by atoms with van der Waals surface area (Å²) in [7, 11) is 1.77. The lowest BCUT2D eigenvalue weighted by Gasteiger charge is -2.07. The van der Waals surface area contributed by atoms with Crippen LogP contribution in [-0.2, 0) is 21.4 Å². The van der Waals surface area contributed by atoms with Gasteiger partial charge in [0.2, 0.25) is 5.91 Å². The monoisotopic (exact) mass is 328 g/mol. The minimum atomic E-state index is -0.405. The molecule has 3 rings (SSSR count).